The molecule has 1 atom stereocenters. The molecule has 5 heteroatoms. The first-order valence-corrected chi connectivity index (χ1v) is 8.04. The third kappa shape index (κ3) is 4.44. The SMILES string of the molecule is O=C(CC[C@H]1CCCO1)Nc1ccc(F)cc1OCC1CC1. The van der Waals surface area contributed by atoms with Crippen LogP contribution in [0.25, 0.3) is 0 Å². The highest BCUT2D eigenvalue weighted by Gasteiger charge is 2.23. The summed E-state index contributed by atoms with van der Waals surface area (Å²) in [6, 6.07) is 4.22. The van der Waals surface area contributed by atoms with Crippen molar-refractivity contribution in [2.75, 3.05) is 18.5 Å². The molecule has 1 aromatic carbocycles. The highest BCUT2D eigenvalue weighted by atomic mass is 19.1. The predicted octanol–water partition coefficient (Wildman–Crippen LogP) is 3.51. The number of nitrogens with one attached hydrogen (secondary N) is 1. The molecule has 0 radical (unpaired) electrons. The van der Waals surface area contributed by atoms with Crippen molar-refractivity contribution in [1.82, 2.24) is 0 Å². The van der Waals surface area contributed by atoms with Crippen LogP contribution in [0.5, 0.6) is 5.75 Å². The molecular weight excluding hydrogens is 285 g/mol. The van der Waals surface area contributed by atoms with Crippen molar-refractivity contribution >= 4 is 11.6 Å². The Morgan fingerprint density at radius 1 is 1.36 bits per heavy atom. The molecule has 1 aromatic rings. The smallest absolute Gasteiger partial charge is 0.224 e. The first kappa shape index (κ1) is 15.3. The van der Waals surface area contributed by atoms with Crippen LogP contribution in [0, 0.1) is 11.7 Å². The Morgan fingerprint density at radius 3 is 2.95 bits per heavy atom. The number of amides is 1. The molecule has 1 heterocycles. The summed E-state index contributed by atoms with van der Waals surface area (Å²) in [7, 11) is 0. The number of anilines is 1. The lowest BCUT2D eigenvalue weighted by molar-refractivity contribution is -0.116. The molecule has 0 bridgehead atoms. The molecule has 4 nitrogen and oxygen atoms in total. The number of benzene rings is 1. The fourth-order valence-electron chi connectivity index (χ4n) is 2.59. The number of ether oxygens (including phenoxy) is 2. The van der Waals surface area contributed by atoms with Crippen LogP contribution < -0.4 is 10.1 Å². The summed E-state index contributed by atoms with van der Waals surface area (Å²) in [6.07, 6.45) is 5.76. The van der Waals surface area contributed by atoms with Crippen molar-refractivity contribution in [3.05, 3.63) is 24.0 Å². The monoisotopic (exact) mass is 307 g/mol. The Balaban J connectivity index is 1.53. The molecule has 2 aliphatic rings. The van der Waals surface area contributed by atoms with E-state index < -0.39 is 0 Å². The zero-order chi connectivity index (χ0) is 15.4. The van der Waals surface area contributed by atoms with Gasteiger partial charge in [-0.15, -0.1) is 0 Å². The largest absolute Gasteiger partial charge is 0.491 e. The van der Waals surface area contributed by atoms with Gasteiger partial charge in [0.05, 0.1) is 18.4 Å². The third-order valence-corrected chi connectivity index (χ3v) is 4.11. The van der Waals surface area contributed by atoms with Gasteiger partial charge >= 0.3 is 0 Å². The molecular formula is C17H22FNO3. The second kappa shape index (κ2) is 7.09. The molecule has 22 heavy (non-hydrogen) atoms. The summed E-state index contributed by atoms with van der Waals surface area (Å²) >= 11 is 0. The van der Waals surface area contributed by atoms with Gasteiger partial charge in [-0.2, -0.15) is 0 Å². The Bertz CT molecular complexity index is 525. The predicted molar refractivity (Wildman–Crippen MR) is 81.5 cm³/mol. The fraction of sp³-hybridized carbons (Fsp3) is 0.588. The molecule has 1 N–H and O–H groups in total. The first-order valence-electron chi connectivity index (χ1n) is 8.04. The van der Waals surface area contributed by atoms with E-state index in [2.05, 4.69) is 5.32 Å². The van der Waals surface area contributed by atoms with Gasteiger partial charge < -0.3 is 14.8 Å². The third-order valence-electron chi connectivity index (χ3n) is 4.11. The van der Waals surface area contributed by atoms with E-state index in [4.69, 9.17) is 9.47 Å². The Hall–Kier alpha value is -1.62. The quantitative estimate of drug-likeness (QED) is 0.838. The molecule has 0 unspecified atom stereocenters. The second-order valence-electron chi connectivity index (χ2n) is 6.12. The Labute approximate surface area is 130 Å². The van der Waals surface area contributed by atoms with Crippen LogP contribution >= 0.6 is 0 Å². The van der Waals surface area contributed by atoms with Crippen LogP contribution in [0.2, 0.25) is 0 Å². The van der Waals surface area contributed by atoms with Gasteiger partial charge in [0.15, 0.2) is 0 Å². The minimum Gasteiger partial charge on any atom is -0.491 e. The zero-order valence-electron chi connectivity index (χ0n) is 12.6. The molecule has 1 amide bonds. The average Bonchev–Trinajstić information content (AvgIpc) is 3.19. The number of hydrogen-bond acceptors (Lipinski definition) is 3. The van der Waals surface area contributed by atoms with Gasteiger partial charge in [0.1, 0.15) is 11.6 Å². The van der Waals surface area contributed by atoms with Gasteiger partial charge in [-0.05, 0) is 50.2 Å². The molecule has 0 aromatic heterocycles. The van der Waals surface area contributed by atoms with Crippen molar-refractivity contribution in [2.45, 2.75) is 44.6 Å². The molecule has 1 saturated carbocycles. The summed E-state index contributed by atoms with van der Waals surface area (Å²) < 4.78 is 24.5. The Morgan fingerprint density at radius 2 is 2.23 bits per heavy atom. The average molecular weight is 307 g/mol. The molecule has 3 rings (SSSR count). The van der Waals surface area contributed by atoms with E-state index in [1.807, 2.05) is 0 Å². The maximum atomic E-state index is 13.4. The van der Waals surface area contributed by atoms with Gasteiger partial charge in [-0.1, -0.05) is 0 Å². The van der Waals surface area contributed by atoms with Crippen molar-refractivity contribution in [3.63, 3.8) is 0 Å². The van der Waals surface area contributed by atoms with E-state index >= 15 is 0 Å². The minimum atomic E-state index is -0.358. The van der Waals surface area contributed by atoms with E-state index in [1.54, 1.807) is 6.07 Å². The number of carbonyl (C=O) groups excluding carboxylic acids is 1. The topological polar surface area (TPSA) is 47.6 Å². The van der Waals surface area contributed by atoms with Gasteiger partial charge in [-0.3, -0.25) is 4.79 Å². The molecule has 2 fully saturated rings. The van der Waals surface area contributed by atoms with Crippen molar-refractivity contribution < 1.29 is 18.7 Å². The summed E-state index contributed by atoms with van der Waals surface area (Å²) in [5.74, 6) is 0.547. The van der Waals surface area contributed by atoms with Crippen LogP contribution in [-0.4, -0.2) is 25.2 Å². The second-order valence-corrected chi connectivity index (χ2v) is 6.12. The molecule has 120 valence electrons. The highest BCUT2D eigenvalue weighted by Crippen LogP contribution is 2.32. The Kier molecular flexibility index (Phi) is 4.93. The van der Waals surface area contributed by atoms with E-state index in [9.17, 15) is 9.18 Å². The molecule has 1 aliphatic heterocycles. The van der Waals surface area contributed by atoms with E-state index in [0.29, 0.717) is 30.4 Å². The highest BCUT2D eigenvalue weighted by molar-refractivity contribution is 5.92. The maximum absolute atomic E-state index is 13.4. The molecule has 1 aliphatic carbocycles. The van der Waals surface area contributed by atoms with Crippen LogP contribution in [0.4, 0.5) is 10.1 Å². The van der Waals surface area contributed by atoms with Crippen molar-refractivity contribution in [3.8, 4) is 5.75 Å². The van der Waals surface area contributed by atoms with Gasteiger partial charge in [0, 0.05) is 19.1 Å². The molecule has 0 spiro atoms. The van der Waals surface area contributed by atoms with Crippen LogP contribution in [0.3, 0.4) is 0 Å². The number of hydrogen-bond donors (Lipinski definition) is 1. The van der Waals surface area contributed by atoms with Crippen molar-refractivity contribution in [2.24, 2.45) is 5.92 Å². The van der Waals surface area contributed by atoms with E-state index in [1.165, 1.54) is 25.0 Å². The van der Waals surface area contributed by atoms with Gasteiger partial charge in [-0.25, -0.2) is 4.39 Å². The van der Waals surface area contributed by atoms with Crippen LogP contribution in [-0.2, 0) is 9.53 Å². The summed E-state index contributed by atoms with van der Waals surface area (Å²) in [5.41, 5.74) is 0.541. The lowest BCUT2D eigenvalue weighted by atomic mass is 10.1. The summed E-state index contributed by atoms with van der Waals surface area (Å²) in [5, 5.41) is 2.82. The first-order chi connectivity index (χ1) is 10.7. The number of halogens is 1. The lowest BCUT2D eigenvalue weighted by Gasteiger charge is -2.13. The van der Waals surface area contributed by atoms with E-state index in [-0.39, 0.29) is 17.8 Å². The lowest BCUT2D eigenvalue weighted by Crippen LogP contribution is -2.16. The molecule has 1 saturated heterocycles. The van der Waals surface area contributed by atoms with Crippen LogP contribution in [0.1, 0.15) is 38.5 Å². The summed E-state index contributed by atoms with van der Waals surface area (Å²) in [6.45, 7) is 1.38. The fourth-order valence-corrected chi connectivity index (χ4v) is 2.59. The van der Waals surface area contributed by atoms with E-state index in [0.717, 1.165) is 25.9 Å². The van der Waals surface area contributed by atoms with Gasteiger partial charge in [0.25, 0.3) is 0 Å². The summed E-state index contributed by atoms with van der Waals surface area (Å²) in [4.78, 5) is 12.0. The van der Waals surface area contributed by atoms with Crippen molar-refractivity contribution in [1.29, 1.82) is 0 Å². The minimum absolute atomic E-state index is 0.0848. The number of rotatable bonds is 7. The zero-order valence-corrected chi connectivity index (χ0v) is 12.6. The number of carbonyl (C=O) groups is 1. The standard InChI is InChI=1S/C17H22FNO3/c18-13-5-7-15(16(10-13)22-11-12-3-4-12)19-17(20)8-6-14-2-1-9-21-14/h5,7,10,12,14H,1-4,6,8-9,11H2,(H,19,20)/t14-/m1/s1. The maximum Gasteiger partial charge on any atom is 0.224 e. The van der Waals surface area contributed by atoms with Gasteiger partial charge in [0.2, 0.25) is 5.91 Å². The normalized spacial score (nSPS) is 20.9. The van der Waals surface area contributed by atoms with Crippen LogP contribution in [0.15, 0.2) is 18.2 Å².